The quantitative estimate of drug-likeness (QED) is 0.921. The van der Waals surface area contributed by atoms with Crippen molar-refractivity contribution >= 4 is 17.6 Å². The van der Waals surface area contributed by atoms with Crippen LogP contribution < -0.4 is 4.74 Å². The van der Waals surface area contributed by atoms with Crippen molar-refractivity contribution in [3.63, 3.8) is 0 Å². The fourth-order valence-corrected chi connectivity index (χ4v) is 1.68. The van der Waals surface area contributed by atoms with Gasteiger partial charge >= 0.3 is 5.97 Å². The molecule has 0 bridgehead atoms. The van der Waals surface area contributed by atoms with E-state index in [-0.39, 0.29) is 22.9 Å². The van der Waals surface area contributed by atoms with Crippen molar-refractivity contribution < 1.29 is 14.6 Å². The number of hydrogen-bond donors (Lipinski definition) is 1. The van der Waals surface area contributed by atoms with E-state index < -0.39 is 5.97 Å². The first kappa shape index (κ1) is 12.4. The van der Waals surface area contributed by atoms with E-state index in [0.717, 1.165) is 0 Å². The standard InChI is InChI=1S/C13H10ClNO3/c14-11-6-3-5-10(13(16)17)12(11)18-8-9-4-1-2-7-15-9/h1-7H,8H2,(H,16,17). The average Bonchev–Trinajstić information content (AvgIpc) is 2.38. The highest BCUT2D eigenvalue weighted by Crippen LogP contribution is 2.29. The molecular formula is C13H10ClNO3. The predicted molar refractivity (Wildman–Crippen MR) is 67.0 cm³/mol. The van der Waals surface area contributed by atoms with Crippen molar-refractivity contribution in [2.75, 3.05) is 0 Å². The third-order valence-corrected chi connectivity index (χ3v) is 2.59. The minimum atomic E-state index is -1.08. The van der Waals surface area contributed by atoms with E-state index in [9.17, 15) is 4.79 Å². The van der Waals surface area contributed by atoms with Crippen molar-refractivity contribution in [2.45, 2.75) is 6.61 Å². The first-order chi connectivity index (χ1) is 8.68. The molecule has 0 aliphatic heterocycles. The lowest BCUT2D eigenvalue weighted by Crippen LogP contribution is -2.04. The zero-order valence-electron chi connectivity index (χ0n) is 9.34. The van der Waals surface area contributed by atoms with E-state index in [1.807, 2.05) is 6.07 Å². The fourth-order valence-electron chi connectivity index (χ4n) is 1.45. The van der Waals surface area contributed by atoms with Crippen molar-refractivity contribution in [3.05, 3.63) is 58.9 Å². The zero-order valence-corrected chi connectivity index (χ0v) is 10.1. The third-order valence-electron chi connectivity index (χ3n) is 2.29. The summed E-state index contributed by atoms with van der Waals surface area (Å²) in [6.07, 6.45) is 1.64. The summed E-state index contributed by atoms with van der Waals surface area (Å²) in [5, 5.41) is 9.30. The summed E-state index contributed by atoms with van der Waals surface area (Å²) in [5.41, 5.74) is 0.743. The SMILES string of the molecule is O=C(O)c1cccc(Cl)c1OCc1ccccn1. The molecule has 0 radical (unpaired) electrons. The molecule has 0 saturated carbocycles. The first-order valence-corrected chi connectivity index (χ1v) is 5.61. The van der Waals surface area contributed by atoms with E-state index in [4.69, 9.17) is 21.4 Å². The molecule has 1 N–H and O–H groups in total. The molecule has 4 nitrogen and oxygen atoms in total. The zero-order chi connectivity index (χ0) is 13.0. The normalized spacial score (nSPS) is 10.1. The number of carboxylic acids is 1. The topological polar surface area (TPSA) is 59.4 Å². The van der Waals surface area contributed by atoms with Gasteiger partial charge in [0.15, 0.2) is 5.75 Å². The largest absolute Gasteiger partial charge is 0.485 e. The van der Waals surface area contributed by atoms with Gasteiger partial charge in [0.05, 0.1) is 10.7 Å². The highest BCUT2D eigenvalue weighted by molar-refractivity contribution is 6.32. The molecule has 92 valence electrons. The molecule has 0 amide bonds. The van der Waals surface area contributed by atoms with Crippen LogP contribution in [0, 0.1) is 0 Å². The molecule has 5 heteroatoms. The van der Waals surface area contributed by atoms with Crippen LogP contribution in [0.1, 0.15) is 16.1 Å². The summed E-state index contributed by atoms with van der Waals surface area (Å²) < 4.78 is 5.44. The summed E-state index contributed by atoms with van der Waals surface area (Å²) in [7, 11) is 0. The molecule has 1 aromatic carbocycles. The Bertz CT molecular complexity index is 557. The molecule has 0 aliphatic rings. The van der Waals surface area contributed by atoms with E-state index in [1.54, 1.807) is 30.5 Å². The Labute approximate surface area is 109 Å². The van der Waals surface area contributed by atoms with E-state index in [1.165, 1.54) is 6.07 Å². The van der Waals surface area contributed by atoms with Gasteiger partial charge in [0.2, 0.25) is 0 Å². The fraction of sp³-hybridized carbons (Fsp3) is 0.0769. The molecule has 1 heterocycles. The minimum absolute atomic E-state index is 0.0402. The number of benzene rings is 1. The number of pyridine rings is 1. The highest BCUT2D eigenvalue weighted by atomic mass is 35.5. The molecule has 18 heavy (non-hydrogen) atoms. The first-order valence-electron chi connectivity index (χ1n) is 5.23. The average molecular weight is 264 g/mol. The number of halogens is 1. The number of carboxylic acid groups (broad SMARTS) is 1. The second kappa shape index (κ2) is 5.51. The molecular weight excluding hydrogens is 254 g/mol. The Hall–Kier alpha value is -2.07. The van der Waals surface area contributed by atoms with Crippen LogP contribution in [0.4, 0.5) is 0 Å². The number of para-hydroxylation sites is 1. The number of ether oxygens (including phenoxy) is 1. The number of carbonyl (C=O) groups is 1. The molecule has 0 saturated heterocycles. The van der Waals surface area contributed by atoms with E-state index >= 15 is 0 Å². The Balaban J connectivity index is 2.21. The summed E-state index contributed by atoms with van der Waals surface area (Å²) in [6.45, 7) is 0.171. The minimum Gasteiger partial charge on any atom is -0.485 e. The second-order valence-corrected chi connectivity index (χ2v) is 3.94. The maximum absolute atomic E-state index is 11.0. The van der Waals surface area contributed by atoms with Gasteiger partial charge in [-0.05, 0) is 24.3 Å². The van der Waals surface area contributed by atoms with Gasteiger partial charge in [-0.25, -0.2) is 4.79 Å². The molecule has 0 atom stereocenters. The predicted octanol–water partition coefficient (Wildman–Crippen LogP) is 3.01. The van der Waals surface area contributed by atoms with Gasteiger partial charge in [-0.1, -0.05) is 23.7 Å². The van der Waals surface area contributed by atoms with Crippen molar-refractivity contribution in [2.24, 2.45) is 0 Å². The van der Waals surface area contributed by atoms with Gasteiger partial charge in [-0.15, -0.1) is 0 Å². The van der Waals surface area contributed by atoms with Gasteiger partial charge in [0.1, 0.15) is 12.2 Å². The summed E-state index contributed by atoms with van der Waals surface area (Å²) in [6, 6.07) is 10.0. The van der Waals surface area contributed by atoms with Crippen LogP contribution in [-0.4, -0.2) is 16.1 Å². The lowest BCUT2D eigenvalue weighted by Gasteiger charge is -2.10. The summed E-state index contributed by atoms with van der Waals surface area (Å²) in [5.74, 6) is -0.911. The Morgan fingerprint density at radius 3 is 2.78 bits per heavy atom. The van der Waals surface area contributed by atoms with Crippen LogP contribution in [0.25, 0.3) is 0 Å². The Morgan fingerprint density at radius 1 is 1.28 bits per heavy atom. The molecule has 0 spiro atoms. The molecule has 1 aromatic heterocycles. The lowest BCUT2D eigenvalue weighted by molar-refractivity contribution is 0.0691. The molecule has 0 aliphatic carbocycles. The van der Waals surface area contributed by atoms with Crippen LogP contribution in [-0.2, 0) is 6.61 Å². The lowest BCUT2D eigenvalue weighted by atomic mass is 10.2. The second-order valence-electron chi connectivity index (χ2n) is 3.53. The number of rotatable bonds is 4. The van der Waals surface area contributed by atoms with Crippen molar-refractivity contribution in [3.8, 4) is 5.75 Å². The Kier molecular flexibility index (Phi) is 3.79. The van der Waals surface area contributed by atoms with Crippen molar-refractivity contribution in [1.82, 2.24) is 4.98 Å². The van der Waals surface area contributed by atoms with Crippen LogP contribution in [0.3, 0.4) is 0 Å². The number of hydrogen-bond acceptors (Lipinski definition) is 3. The smallest absolute Gasteiger partial charge is 0.339 e. The summed E-state index contributed by atoms with van der Waals surface area (Å²) in [4.78, 5) is 15.1. The number of aromatic carboxylic acids is 1. The number of aromatic nitrogens is 1. The van der Waals surface area contributed by atoms with Gasteiger partial charge in [-0.3, -0.25) is 4.98 Å². The summed E-state index contributed by atoms with van der Waals surface area (Å²) >= 11 is 5.93. The number of nitrogens with zero attached hydrogens (tertiary/aromatic N) is 1. The highest BCUT2D eigenvalue weighted by Gasteiger charge is 2.14. The van der Waals surface area contributed by atoms with Gasteiger partial charge in [0, 0.05) is 6.20 Å². The Morgan fingerprint density at radius 2 is 2.11 bits per heavy atom. The molecule has 2 rings (SSSR count). The van der Waals surface area contributed by atoms with Gasteiger partial charge in [-0.2, -0.15) is 0 Å². The maximum Gasteiger partial charge on any atom is 0.339 e. The molecule has 0 fully saturated rings. The maximum atomic E-state index is 11.0. The van der Waals surface area contributed by atoms with E-state index in [2.05, 4.69) is 4.98 Å². The third kappa shape index (κ3) is 2.78. The van der Waals surface area contributed by atoms with Crippen LogP contribution >= 0.6 is 11.6 Å². The monoisotopic (exact) mass is 263 g/mol. The van der Waals surface area contributed by atoms with Crippen molar-refractivity contribution in [1.29, 1.82) is 0 Å². The van der Waals surface area contributed by atoms with E-state index in [0.29, 0.717) is 5.69 Å². The molecule has 0 unspecified atom stereocenters. The molecule has 2 aromatic rings. The van der Waals surface area contributed by atoms with Gasteiger partial charge < -0.3 is 9.84 Å². The van der Waals surface area contributed by atoms with Crippen LogP contribution in [0.5, 0.6) is 5.75 Å². The van der Waals surface area contributed by atoms with Crippen LogP contribution in [0.15, 0.2) is 42.6 Å². The van der Waals surface area contributed by atoms with Crippen LogP contribution in [0.2, 0.25) is 5.02 Å². The van der Waals surface area contributed by atoms with Gasteiger partial charge in [0.25, 0.3) is 0 Å².